The van der Waals surface area contributed by atoms with Crippen molar-refractivity contribution in [3.05, 3.63) is 54.4 Å². The maximum atomic E-state index is 11.4. The van der Waals surface area contributed by atoms with Crippen LogP contribution >= 0.6 is 0 Å². The number of aromatic nitrogens is 2. The molecule has 0 unspecified atom stereocenters. The molecule has 6 nitrogen and oxygen atoms in total. The molecule has 0 aliphatic heterocycles. The number of methoxy groups -OCH3 is 1. The fourth-order valence-corrected chi connectivity index (χ4v) is 3.82. The van der Waals surface area contributed by atoms with Crippen LogP contribution in [0.4, 0.5) is 0 Å². The van der Waals surface area contributed by atoms with Crippen molar-refractivity contribution in [2.75, 3.05) is 7.11 Å². The van der Waals surface area contributed by atoms with Gasteiger partial charge >= 0.3 is 0 Å². The smallest absolute Gasteiger partial charge is 0.204 e. The maximum Gasteiger partial charge on any atom is 0.204 e. The number of fused-ring (bicyclic) bond motifs is 1. The summed E-state index contributed by atoms with van der Waals surface area (Å²) in [6.45, 7) is 0.422. The monoisotopic (exact) mass is 369 g/mol. The fourth-order valence-electron chi connectivity index (χ4n) is 3.04. The normalized spacial score (nSPS) is 14.3. The highest BCUT2D eigenvalue weighted by molar-refractivity contribution is 7.69. The summed E-state index contributed by atoms with van der Waals surface area (Å²) in [5.41, 5.74) is 3.61. The van der Waals surface area contributed by atoms with Crippen molar-refractivity contribution in [1.82, 2.24) is 14.3 Å². The lowest BCUT2D eigenvalue weighted by molar-refractivity contribution is 0.413. The summed E-state index contributed by atoms with van der Waals surface area (Å²) >= 11 is 0. The second-order valence-electron chi connectivity index (χ2n) is 6.37. The Morgan fingerprint density at radius 1 is 1.12 bits per heavy atom. The molecule has 134 valence electrons. The molecule has 0 atom stereocenters. The first-order valence-electron chi connectivity index (χ1n) is 8.45. The Morgan fingerprint density at radius 3 is 2.54 bits per heavy atom. The van der Waals surface area contributed by atoms with Gasteiger partial charge in [-0.05, 0) is 30.5 Å². The topological polar surface area (TPSA) is 72.4 Å². The third-order valence-electron chi connectivity index (χ3n) is 4.59. The number of ether oxygens (including phenoxy) is 1. The molecule has 1 saturated carbocycles. The molecule has 7 heteroatoms. The number of hydrogen-bond acceptors (Lipinski definition) is 5. The Balaban J connectivity index is 1.63. The summed E-state index contributed by atoms with van der Waals surface area (Å²) in [6, 6.07) is 13.8. The zero-order valence-corrected chi connectivity index (χ0v) is 15.2. The molecule has 1 fully saturated rings. The van der Waals surface area contributed by atoms with Crippen molar-refractivity contribution in [2.24, 2.45) is 0 Å². The van der Waals surface area contributed by atoms with Gasteiger partial charge in [0.25, 0.3) is 0 Å². The minimum atomic E-state index is -2.54. The SMILES string of the molecule is COc1ccc2c(-c3ccc(CN(C4CC4)[SH](=O)=O)cc3)ncnc2c1. The predicted octanol–water partition coefficient (Wildman–Crippen LogP) is 2.80. The molecule has 2 aromatic carbocycles. The summed E-state index contributed by atoms with van der Waals surface area (Å²) < 4.78 is 29.6. The molecule has 1 aliphatic rings. The van der Waals surface area contributed by atoms with E-state index >= 15 is 0 Å². The molecule has 1 aliphatic carbocycles. The summed E-state index contributed by atoms with van der Waals surface area (Å²) in [7, 11) is -0.916. The van der Waals surface area contributed by atoms with E-state index in [4.69, 9.17) is 4.74 Å². The molecular weight excluding hydrogens is 350 g/mol. The van der Waals surface area contributed by atoms with E-state index < -0.39 is 10.9 Å². The Hall–Kier alpha value is -2.51. The van der Waals surface area contributed by atoms with Crippen molar-refractivity contribution in [2.45, 2.75) is 25.4 Å². The van der Waals surface area contributed by atoms with Gasteiger partial charge in [-0.1, -0.05) is 24.3 Å². The minimum absolute atomic E-state index is 0.177. The van der Waals surface area contributed by atoms with Crippen LogP contribution in [0.5, 0.6) is 5.75 Å². The van der Waals surface area contributed by atoms with E-state index in [9.17, 15) is 8.42 Å². The number of thiol groups is 1. The molecule has 26 heavy (non-hydrogen) atoms. The van der Waals surface area contributed by atoms with E-state index in [1.165, 1.54) is 0 Å². The highest BCUT2D eigenvalue weighted by Crippen LogP contribution is 2.30. The average molecular weight is 369 g/mol. The van der Waals surface area contributed by atoms with E-state index in [2.05, 4.69) is 9.97 Å². The van der Waals surface area contributed by atoms with Gasteiger partial charge in [0.15, 0.2) is 0 Å². The van der Waals surface area contributed by atoms with Crippen molar-refractivity contribution in [1.29, 1.82) is 0 Å². The van der Waals surface area contributed by atoms with E-state index in [0.717, 1.165) is 46.3 Å². The number of hydrogen-bond donors (Lipinski definition) is 1. The largest absolute Gasteiger partial charge is 0.497 e. The summed E-state index contributed by atoms with van der Waals surface area (Å²) in [5, 5.41) is 0.947. The predicted molar refractivity (Wildman–Crippen MR) is 100 cm³/mol. The van der Waals surface area contributed by atoms with Crippen molar-refractivity contribution in [3.8, 4) is 17.0 Å². The molecular formula is C19H19N3O3S. The second-order valence-corrected chi connectivity index (χ2v) is 7.36. The first kappa shape index (κ1) is 16.9. The molecule has 0 N–H and O–H groups in total. The Morgan fingerprint density at radius 2 is 1.88 bits per heavy atom. The molecule has 1 aromatic heterocycles. The van der Waals surface area contributed by atoms with Crippen LogP contribution in [0.1, 0.15) is 18.4 Å². The fraction of sp³-hybridized carbons (Fsp3) is 0.263. The second kappa shape index (κ2) is 7.01. The molecule has 0 spiro atoms. The van der Waals surface area contributed by atoms with Gasteiger partial charge in [0.2, 0.25) is 10.9 Å². The van der Waals surface area contributed by atoms with Crippen LogP contribution in [0.2, 0.25) is 0 Å². The van der Waals surface area contributed by atoms with E-state index in [0.29, 0.717) is 6.54 Å². The summed E-state index contributed by atoms with van der Waals surface area (Å²) in [6.07, 6.45) is 3.46. The number of rotatable bonds is 6. The summed E-state index contributed by atoms with van der Waals surface area (Å²) in [4.78, 5) is 8.74. The van der Waals surface area contributed by atoms with Gasteiger partial charge in [-0.15, -0.1) is 0 Å². The Kier molecular flexibility index (Phi) is 4.57. The van der Waals surface area contributed by atoms with Gasteiger partial charge in [-0.3, -0.25) is 0 Å². The molecule has 4 rings (SSSR count). The van der Waals surface area contributed by atoms with Crippen LogP contribution in [0, 0.1) is 0 Å². The molecule has 0 bridgehead atoms. The van der Waals surface area contributed by atoms with Crippen LogP contribution < -0.4 is 4.74 Å². The summed E-state index contributed by atoms with van der Waals surface area (Å²) in [5.74, 6) is 0.754. The number of nitrogens with zero attached hydrogens (tertiary/aromatic N) is 3. The zero-order chi connectivity index (χ0) is 18.1. The average Bonchev–Trinajstić information content (AvgIpc) is 3.50. The third-order valence-corrected chi connectivity index (χ3v) is 5.48. The number of benzene rings is 2. The molecule has 0 radical (unpaired) electrons. The minimum Gasteiger partial charge on any atom is -0.497 e. The molecule has 3 aromatic rings. The first-order chi connectivity index (χ1) is 12.7. The van der Waals surface area contributed by atoms with Gasteiger partial charge in [0.05, 0.1) is 18.3 Å². The lowest BCUT2D eigenvalue weighted by Gasteiger charge is -2.14. The Labute approximate surface area is 153 Å². The van der Waals surface area contributed by atoms with Crippen LogP contribution in [0.15, 0.2) is 48.8 Å². The van der Waals surface area contributed by atoms with Crippen molar-refractivity contribution >= 4 is 21.8 Å². The van der Waals surface area contributed by atoms with Crippen molar-refractivity contribution in [3.63, 3.8) is 0 Å². The zero-order valence-electron chi connectivity index (χ0n) is 14.3. The van der Waals surface area contributed by atoms with Gasteiger partial charge in [0.1, 0.15) is 12.1 Å². The quantitative estimate of drug-likeness (QED) is 0.677. The van der Waals surface area contributed by atoms with E-state index in [1.54, 1.807) is 17.7 Å². The van der Waals surface area contributed by atoms with Crippen molar-refractivity contribution < 1.29 is 13.2 Å². The lowest BCUT2D eigenvalue weighted by Crippen LogP contribution is -2.23. The van der Waals surface area contributed by atoms with E-state index in [-0.39, 0.29) is 6.04 Å². The lowest BCUT2D eigenvalue weighted by atomic mass is 10.0. The molecule has 1 heterocycles. The third kappa shape index (κ3) is 3.40. The van der Waals surface area contributed by atoms with Gasteiger partial charge in [0, 0.05) is 29.6 Å². The van der Waals surface area contributed by atoms with Gasteiger partial charge in [-0.2, -0.15) is 4.31 Å². The molecule has 0 amide bonds. The van der Waals surface area contributed by atoms with Gasteiger partial charge < -0.3 is 4.74 Å². The van der Waals surface area contributed by atoms with Gasteiger partial charge in [-0.25, -0.2) is 18.4 Å². The highest BCUT2D eigenvalue weighted by atomic mass is 32.2. The maximum absolute atomic E-state index is 11.4. The van der Waals surface area contributed by atoms with Crippen LogP contribution in [0.25, 0.3) is 22.2 Å². The first-order valence-corrected chi connectivity index (χ1v) is 9.58. The molecule has 0 saturated heterocycles. The van der Waals surface area contributed by atoms with Crippen LogP contribution in [-0.2, 0) is 17.4 Å². The standard InChI is InChI=1S/C19H19N3O3S/c1-25-16-8-9-17-18(10-16)20-12-21-19(17)14-4-2-13(3-5-14)11-22(26(23)24)15-6-7-15/h2-5,8-10,12,15,26H,6-7,11H2,1H3. The Bertz CT molecular complexity index is 1010. The highest BCUT2D eigenvalue weighted by Gasteiger charge is 2.30. The van der Waals surface area contributed by atoms with Crippen LogP contribution in [0.3, 0.4) is 0 Å². The van der Waals surface area contributed by atoms with E-state index in [1.807, 2.05) is 42.5 Å². The van der Waals surface area contributed by atoms with Crippen LogP contribution in [-0.4, -0.2) is 35.8 Å².